The number of Topliss-reactive ketones (excluding diaryl/α,β-unsaturated/α-hetero) is 1. The van der Waals surface area contributed by atoms with Crippen molar-refractivity contribution in [2.75, 3.05) is 0 Å². The lowest BCUT2D eigenvalue weighted by molar-refractivity contribution is -0.162. The van der Waals surface area contributed by atoms with Gasteiger partial charge in [-0.1, -0.05) is 42.5 Å². The lowest BCUT2D eigenvalue weighted by Crippen LogP contribution is -2.29. The molecule has 0 aromatic heterocycles. The summed E-state index contributed by atoms with van der Waals surface area (Å²) in [5.41, 5.74) is -0.566. The highest BCUT2D eigenvalue weighted by Gasteiger charge is 2.43. The van der Waals surface area contributed by atoms with Gasteiger partial charge in [-0.2, -0.15) is 39.5 Å². The maximum Gasteiger partial charge on any atom is 0.417 e. The minimum absolute atomic E-state index is 0.117. The third kappa shape index (κ3) is 8.87. The predicted octanol–water partition coefficient (Wildman–Crippen LogP) is 10.3. The fourth-order valence-corrected chi connectivity index (χ4v) is 6.80. The largest absolute Gasteiger partial charge is 0.512 e. The number of hydrogen-bond acceptors (Lipinski definition) is 4. The maximum absolute atomic E-state index is 13.1. The Morgan fingerprint density at radius 1 is 0.618 bits per heavy atom. The van der Waals surface area contributed by atoms with Crippen molar-refractivity contribution in [2.45, 2.75) is 64.0 Å². The van der Waals surface area contributed by atoms with E-state index < -0.39 is 35.2 Å². The molecule has 0 saturated carbocycles. The summed E-state index contributed by atoms with van der Waals surface area (Å²) in [6, 6.07) is 19.0. The minimum Gasteiger partial charge on any atom is -0.512 e. The van der Waals surface area contributed by atoms with Crippen molar-refractivity contribution in [2.24, 2.45) is 4.99 Å². The van der Waals surface area contributed by atoms with Crippen LogP contribution < -0.4 is 10.4 Å². The molecule has 7 rings (SSSR count). The molecule has 0 bridgehead atoms. The number of aryl methyl sites for hydroxylation is 5. The van der Waals surface area contributed by atoms with Gasteiger partial charge in [-0.3, -0.25) is 9.79 Å². The van der Waals surface area contributed by atoms with Crippen LogP contribution in [0.15, 0.2) is 83.9 Å². The molecule has 2 N–H and O–H groups in total. The number of aliphatic hydroxyl groups excluding tert-OH is 1. The first-order valence-electron chi connectivity index (χ1n) is 17.1. The Labute approximate surface area is 308 Å². The van der Waals surface area contributed by atoms with Crippen LogP contribution in [0, 0.1) is 6.92 Å². The van der Waals surface area contributed by atoms with E-state index in [0.717, 1.165) is 62.7 Å². The monoisotopic (exact) mass is 769 g/mol. The first-order chi connectivity index (χ1) is 25.8. The minimum atomic E-state index is -5.08. The van der Waals surface area contributed by atoms with E-state index in [1.165, 1.54) is 25.1 Å². The summed E-state index contributed by atoms with van der Waals surface area (Å²) < 4.78 is 117. The summed E-state index contributed by atoms with van der Waals surface area (Å²) >= 11 is 0. The van der Waals surface area contributed by atoms with E-state index in [-0.39, 0.29) is 34.6 Å². The van der Waals surface area contributed by atoms with E-state index in [2.05, 4.69) is 11.1 Å². The number of aliphatic imine (C=N–C) groups is 1. The van der Waals surface area contributed by atoms with Crippen LogP contribution in [0.3, 0.4) is 0 Å². The van der Waals surface area contributed by atoms with Gasteiger partial charge in [-0.05, 0) is 125 Å². The Bertz CT molecular complexity index is 2460. The molecule has 5 aromatic rings. The Hall–Kier alpha value is -5.59. The fraction of sp³-hybridized carbons (Fsp3) is 0.238. The van der Waals surface area contributed by atoms with Gasteiger partial charge in [0.05, 0.1) is 34.2 Å². The number of nitrogens with zero attached hydrogens (tertiary/aromatic N) is 1. The molecule has 1 heterocycles. The third-order valence-electron chi connectivity index (χ3n) is 9.55. The van der Waals surface area contributed by atoms with Crippen molar-refractivity contribution in [3.8, 4) is 5.75 Å². The average molecular weight is 770 g/mol. The molecule has 0 amide bonds. The highest BCUT2D eigenvalue weighted by molar-refractivity contribution is 6.40. The first-order valence-corrected chi connectivity index (χ1v) is 17.1. The molecule has 0 fully saturated rings. The standard InChI is InChI=1S/C24H18F6O.C18H14F3NO2/c25-23(26,27)20-9-7-15(11-21(20)24(28,29)30)5-4-14-6-8-16-12-17-2-1-3-22(31)19(17)13-18(16)10-14;1-10-6-11(4-5-13(10)18(19,20)21)2-3-12-7-14-17(15(23)8-12)16(24)9-22-14/h2,6-13,31H,1,3-5H2;4-9,23H,2-3H2,1H3. The molecule has 0 saturated heterocycles. The number of fused-ring (bicyclic) bond motifs is 3. The number of aromatic hydroxyl groups is 1. The van der Waals surface area contributed by atoms with E-state index in [1.54, 1.807) is 6.07 Å². The van der Waals surface area contributed by atoms with Gasteiger partial charge in [0.15, 0.2) is 0 Å². The van der Waals surface area contributed by atoms with Gasteiger partial charge in [-0.15, -0.1) is 0 Å². The molecule has 0 radical (unpaired) electrons. The third-order valence-corrected chi connectivity index (χ3v) is 9.55. The molecule has 55 heavy (non-hydrogen) atoms. The normalized spacial score (nSPS) is 14.0. The van der Waals surface area contributed by atoms with Crippen molar-refractivity contribution in [3.63, 3.8) is 0 Å². The van der Waals surface area contributed by atoms with Crippen molar-refractivity contribution >= 4 is 40.3 Å². The van der Waals surface area contributed by atoms with Crippen LogP contribution in [0.1, 0.15) is 67.7 Å². The molecule has 5 aromatic carbocycles. The predicted molar refractivity (Wildman–Crippen MR) is 191 cm³/mol. The van der Waals surface area contributed by atoms with Crippen LogP contribution in [0.2, 0.25) is 0 Å². The molecule has 0 atom stereocenters. The number of phenols is 1. The fourth-order valence-electron chi connectivity index (χ4n) is 6.80. The van der Waals surface area contributed by atoms with Crippen LogP contribution in [-0.2, 0) is 44.2 Å². The lowest BCUT2D eigenvalue weighted by atomic mass is 9.96. The van der Waals surface area contributed by atoms with Crippen molar-refractivity contribution in [1.82, 2.24) is 0 Å². The van der Waals surface area contributed by atoms with E-state index in [9.17, 15) is 54.5 Å². The smallest absolute Gasteiger partial charge is 0.417 e. The van der Waals surface area contributed by atoms with E-state index >= 15 is 0 Å². The topological polar surface area (TPSA) is 69.9 Å². The van der Waals surface area contributed by atoms with Crippen molar-refractivity contribution < 1.29 is 54.5 Å². The van der Waals surface area contributed by atoms with Crippen molar-refractivity contribution in [1.29, 1.82) is 0 Å². The van der Waals surface area contributed by atoms with E-state index in [1.807, 2.05) is 30.3 Å². The zero-order valence-electron chi connectivity index (χ0n) is 29.1. The SMILES string of the molecule is Cc1cc(CCc2cc(O)c3c(c2)N=CC3=O)ccc1C(F)(F)F.OC1=c2cc3cc(CCc4ccc(C(F)(F)F)c(C(F)(F)F)c4)ccc3cc2=CCC1. The number of carbonyl (C=O) groups is 1. The molecule has 1 aliphatic carbocycles. The average Bonchev–Trinajstić information content (AvgIpc) is 3.48. The molecule has 2 aliphatic rings. The zero-order chi connectivity index (χ0) is 39.9. The molecule has 0 spiro atoms. The van der Waals surface area contributed by atoms with E-state index in [4.69, 9.17) is 0 Å². The van der Waals surface area contributed by atoms with E-state index in [0.29, 0.717) is 49.3 Å². The van der Waals surface area contributed by atoms with Gasteiger partial charge in [0.25, 0.3) is 0 Å². The number of alkyl halides is 9. The van der Waals surface area contributed by atoms with Crippen LogP contribution in [0.4, 0.5) is 45.2 Å². The number of halogens is 9. The summed E-state index contributed by atoms with van der Waals surface area (Å²) in [6.07, 6.45) is -8.34. The number of carbonyl (C=O) groups excluding carboxylic acids is 1. The molecule has 13 heteroatoms. The Morgan fingerprint density at radius 2 is 1.20 bits per heavy atom. The summed E-state index contributed by atoms with van der Waals surface area (Å²) in [6.45, 7) is 1.44. The van der Waals surface area contributed by atoms with Gasteiger partial charge >= 0.3 is 18.5 Å². The van der Waals surface area contributed by atoms with Gasteiger partial charge < -0.3 is 10.2 Å². The van der Waals surface area contributed by atoms with Crippen LogP contribution in [0.25, 0.3) is 22.6 Å². The maximum atomic E-state index is 13.1. The first kappa shape index (κ1) is 39.1. The van der Waals surface area contributed by atoms with Crippen LogP contribution in [-0.4, -0.2) is 22.2 Å². The Morgan fingerprint density at radius 3 is 1.84 bits per heavy atom. The molecule has 286 valence electrons. The number of aliphatic hydroxyl groups is 1. The van der Waals surface area contributed by atoms with Crippen LogP contribution in [0.5, 0.6) is 5.75 Å². The summed E-state index contributed by atoms with van der Waals surface area (Å²) in [4.78, 5) is 15.5. The summed E-state index contributed by atoms with van der Waals surface area (Å²) in [5.74, 6) is -0.116. The zero-order valence-corrected chi connectivity index (χ0v) is 29.1. The second-order valence-corrected chi connectivity index (χ2v) is 13.5. The Kier molecular flexibility index (Phi) is 10.6. The molecule has 0 unspecified atom stereocenters. The van der Waals surface area contributed by atoms with Crippen LogP contribution >= 0.6 is 0 Å². The number of hydrogen-bond donors (Lipinski definition) is 2. The number of benzene rings is 5. The highest BCUT2D eigenvalue weighted by Crippen LogP contribution is 2.41. The molecule has 1 aliphatic heterocycles. The summed E-state index contributed by atoms with van der Waals surface area (Å²) in [5, 5.41) is 23.7. The van der Waals surface area contributed by atoms with Crippen molar-refractivity contribution in [3.05, 3.63) is 139 Å². The quantitative estimate of drug-likeness (QED) is 0.169. The number of phenolic OH excluding ortho intramolecular Hbond substituents is 1. The second-order valence-electron chi connectivity index (χ2n) is 13.5. The Balaban J connectivity index is 0.000000193. The summed E-state index contributed by atoms with van der Waals surface area (Å²) in [7, 11) is 0. The molecule has 4 nitrogen and oxygen atoms in total. The lowest BCUT2D eigenvalue weighted by Gasteiger charge is -2.16. The number of ketones is 1. The molecular weight excluding hydrogens is 737 g/mol. The van der Waals surface area contributed by atoms with Gasteiger partial charge in [-0.25, -0.2) is 0 Å². The number of rotatable bonds is 6. The molecular formula is C42H32F9NO3. The van der Waals surface area contributed by atoms with Gasteiger partial charge in [0.2, 0.25) is 5.78 Å². The second kappa shape index (κ2) is 14.9. The highest BCUT2D eigenvalue weighted by atomic mass is 19.4. The van der Waals surface area contributed by atoms with Gasteiger partial charge in [0.1, 0.15) is 11.5 Å². The van der Waals surface area contributed by atoms with Gasteiger partial charge in [0, 0.05) is 11.6 Å².